The van der Waals surface area contributed by atoms with Gasteiger partial charge in [0.2, 0.25) is 5.91 Å². The number of carbonyl (C=O) groups excluding carboxylic acids is 1. The average Bonchev–Trinajstić information content (AvgIpc) is 3.49. The van der Waals surface area contributed by atoms with Gasteiger partial charge in [-0.15, -0.1) is 10.1 Å². The molecular weight excluding hydrogens is 523 g/mol. The summed E-state index contributed by atoms with van der Waals surface area (Å²) in [5, 5.41) is 13.0. The first kappa shape index (κ1) is 27.2. The molecule has 1 saturated heterocycles. The highest BCUT2D eigenvalue weighted by Gasteiger charge is 2.43. The van der Waals surface area contributed by atoms with Gasteiger partial charge in [0.1, 0.15) is 6.61 Å². The highest BCUT2D eigenvalue weighted by Crippen LogP contribution is 2.40. The minimum absolute atomic E-state index is 0.0111. The fourth-order valence-corrected chi connectivity index (χ4v) is 5.43. The smallest absolute Gasteiger partial charge is 0.313 e. The van der Waals surface area contributed by atoms with Gasteiger partial charge in [0, 0.05) is 23.7 Å². The molecule has 0 spiro atoms. The summed E-state index contributed by atoms with van der Waals surface area (Å²) in [6, 6.07) is 19.1. The summed E-state index contributed by atoms with van der Waals surface area (Å²) < 4.78 is 39.6. The van der Waals surface area contributed by atoms with Crippen molar-refractivity contribution in [3.8, 4) is 11.8 Å². The lowest BCUT2D eigenvalue weighted by Gasteiger charge is -2.26. The van der Waals surface area contributed by atoms with Crippen LogP contribution in [-0.2, 0) is 22.2 Å². The highest BCUT2D eigenvalue weighted by atomic mass is 19.4. The van der Waals surface area contributed by atoms with E-state index in [1.165, 1.54) is 17.7 Å². The van der Waals surface area contributed by atoms with Gasteiger partial charge in [-0.25, -0.2) is 0 Å². The number of hydrogen-bond donors (Lipinski definition) is 1. The molecule has 10 heteroatoms. The van der Waals surface area contributed by atoms with Crippen molar-refractivity contribution in [1.82, 2.24) is 5.32 Å². The van der Waals surface area contributed by atoms with E-state index in [-0.39, 0.29) is 25.0 Å². The van der Waals surface area contributed by atoms with E-state index >= 15 is 0 Å². The molecule has 0 bridgehead atoms. The zero-order valence-electron chi connectivity index (χ0n) is 21.4. The van der Waals surface area contributed by atoms with Crippen LogP contribution in [0.2, 0.25) is 0 Å². The van der Waals surface area contributed by atoms with E-state index in [2.05, 4.69) is 34.1 Å². The molecule has 7 nitrogen and oxygen atoms in total. The first-order chi connectivity index (χ1) is 19.2. The number of anilines is 1. The molecule has 0 unspecified atom stereocenters. The van der Waals surface area contributed by atoms with Crippen LogP contribution < -0.4 is 10.2 Å². The molecule has 1 aliphatic heterocycles. The van der Waals surface area contributed by atoms with Gasteiger partial charge >= 0.3 is 6.18 Å². The van der Waals surface area contributed by atoms with Crippen molar-refractivity contribution >= 4 is 11.6 Å². The molecule has 1 aliphatic carbocycles. The van der Waals surface area contributed by atoms with Gasteiger partial charge in [0.05, 0.1) is 17.6 Å². The van der Waals surface area contributed by atoms with E-state index in [4.69, 9.17) is 0 Å². The molecule has 0 aromatic heterocycles. The monoisotopic (exact) mass is 549 g/mol. The molecule has 5 rings (SSSR count). The molecule has 3 aromatic carbocycles. The first-order valence-electron chi connectivity index (χ1n) is 12.9. The molecule has 1 fully saturated rings. The maximum absolute atomic E-state index is 13.8. The third-order valence-electron chi connectivity index (χ3n) is 7.24. The number of amides is 1. The molecule has 0 radical (unpaired) electrons. The predicted molar refractivity (Wildman–Crippen MR) is 142 cm³/mol. The second kappa shape index (κ2) is 11.4. The van der Waals surface area contributed by atoms with E-state index < -0.39 is 28.9 Å². The van der Waals surface area contributed by atoms with Gasteiger partial charge in [0.15, 0.2) is 0 Å². The number of fused-ring (bicyclic) bond motifs is 1. The van der Waals surface area contributed by atoms with Gasteiger partial charge in [0.25, 0.3) is 5.09 Å². The van der Waals surface area contributed by atoms with Crippen LogP contribution in [0.25, 0.3) is 0 Å². The molecular formula is C30H26F3N3O4. The number of benzene rings is 3. The molecule has 1 heterocycles. The lowest BCUT2D eigenvalue weighted by atomic mass is 9.99. The zero-order valence-corrected chi connectivity index (χ0v) is 21.4. The zero-order chi connectivity index (χ0) is 28.3. The van der Waals surface area contributed by atoms with Gasteiger partial charge in [-0.05, 0) is 72.4 Å². The Bertz CT molecular complexity index is 1460. The van der Waals surface area contributed by atoms with Crippen LogP contribution in [0.5, 0.6) is 0 Å². The van der Waals surface area contributed by atoms with E-state index in [9.17, 15) is 28.1 Å². The number of carbonyl (C=O) groups is 1. The Balaban J connectivity index is 1.42. The molecule has 206 valence electrons. The Morgan fingerprint density at radius 2 is 1.82 bits per heavy atom. The van der Waals surface area contributed by atoms with Gasteiger partial charge in [-0.1, -0.05) is 48.2 Å². The lowest BCUT2D eigenvalue weighted by Crippen LogP contribution is -2.40. The third kappa shape index (κ3) is 5.95. The van der Waals surface area contributed by atoms with Crippen LogP contribution >= 0.6 is 0 Å². The van der Waals surface area contributed by atoms with Crippen LogP contribution in [0.1, 0.15) is 59.2 Å². The first-order valence-corrected chi connectivity index (χ1v) is 12.9. The van der Waals surface area contributed by atoms with Crippen molar-refractivity contribution in [2.24, 2.45) is 0 Å². The van der Waals surface area contributed by atoms with Gasteiger partial charge in [-0.2, -0.15) is 13.2 Å². The summed E-state index contributed by atoms with van der Waals surface area (Å²) in [5.41, 5.74) is 3.45. The van der Waals surface area contributed by atoms with Crippen molar-refractivity contribution in [3.05, 3.63) is 111 Å². The van der Waals surface area contributed by atoms with E-state index in [1.807, 2.05) is 24.3 Å². The largest absolute Gasteiger partial charge is 0.416 e. The fourth-order valence-electron chi connectivity index (χ4n) is 5.43. The van der Waals surface area contributed by atoms with Crippen molar-refractivity contribution in [1.29, 1.82) is 0 Å². The molecule has 0 saturated carbocycles. The average molecular weight is 550 g/mol. The molecule has 40 heavy (non-hydrogen) atoms. The molecule has 1 N–H and O–H groups in total. The number of hydrogen-bond acceptors (Lipinski definition) is 5. The Labute approximate surface area is 229 Å². The number of halogens is 3. The molecule has 3 atom stereocenters. The van der Waals surface area contributed by atoms with Crippen molar-refractivity contribution in [2.75, 3.05) is 11.5 Å². The van der Waals surface area contributed by atoms with E-state index in [1.54, 1.807) is 17.0 Å². The predicted octanol–water partition coefficient (Wildman–Crippen LogP) is 5.78. The van der Waals surface area contributed by atoms with Crippen molar-refractivity contribution < 1.29 is 27.9 Å². The van der Waals surface area contributed by atoms with Crippen LogP contribution in [0.15, 0.2) is 72.8 Å². The minimum Gasteiger partial charge on any atom is -0.313 e. The molecule has 3 aromatic rings. The summed E-state index contributed by atoms with van der Waals surface area (Å²) in [6.07, 6.45) is -2.12. The molecule has 2 aliphatic rings. The maximum atomic E-state index is 13.8. The summed E-state index contributed by atoms with van der Waals surface area (Å²) in [4.78, 5) is 29.9. The number of alkyl halides is 3. The number of nitrogens with one attached hydrogen (secondary N) is 1. The summed E-state index contributed by atoms with van der Waals surface area (Å²) in [7, 11) is 0. The minimum atomic E-state index is -4.48. The number of nitrogens with zero attached hydrogens (tertiary/aromatic N) is 2. The number of rotatable bonds is 7. The van der Waals surface area contributed by atoms with Crippen LogP contribution in [-0.4, -0.2) is 23.6 Å². The quantitative estimate of drug-likeness (QED) is 0.175. The highest BCUT2D eigenvalue weighted by molar-refractivity contribution is 6.00. The SMILES string of the molecule is O=C1[C@H](N[C@H]2CCc3ccccc32)C[C@H](c2cccc(C#CCCO[N+](=O)[O-])c2)N1c1ccc(C(F)(F)F)cc1. The maximum Gasteiger partial charge on any atom is 0.416 e. The van der Waals surface area contributed by atoms with Gasteiger partial charge in [-0.3, -0.25) is 10.1 Å². The van der Waals surface area contributed by atoms with Crippen molar-refractivity contribution in [3.63, 3.8) is 0 Å². The Morgan fingerprint density at radius 3 is 2.58 bits per heavy atom. The lowest BCUT2D eigenvalue weighted by molar-refractivity contribution is -0.757. The van der Waals surface area contributed by atoms with Crippen LogP contribution in [0, 0.1) is 22.0 Å². The second-order valence-electron chi connectivity index (χ2n) is 9.75. The second-order valence-corrected chi connectivity index (χ2v) is 9.75. The van der Waals surface area contributed by atoms with E-state index in [0.717, 1.165) is 36.1 Å². The molecule has 1 amide bonds. The standard InChI is InChI=1S/C30H26F3N3O4/c31-30(32,33)23-12-14-24(15-13-23)35-28(22-9-5-7-20(18-22)6-3-4-17-40-36(38)39)19-27(29(35)37)34-26-16-11-21-8-1-2-10-25(21)26/h1-2,5,7-10,12-15,18,26-28,34H,4,11,16-17,19H2/t26-,27+,28+/m0/s1. The van der Waals surface area contributed by atoms with E-state index in [0.29, 0.717) is 17.7 Å². The third-order valence-corrected chi connectivity index (χ3v) is 7.24. The summed E-state index contributed by atoms with van der Waals surface area (Å²) >= 11 is 0. The topological polar surface area (TPSA) is 84.7 Å². The summed E-state index contributed by atoms with van der Waals surface area (Å²) in [6.45, 7) is -0.143. The van der Waals surface area contributed by atoms with Gasteiger partial charge < -0.3 is 9.74 Å². The Hall–Kier alpha value is -4.36. The summed E-state index contributed by atoms with van der Waals surface area (Å²) in [5.74, 6) is 5.58. The Morgan fingerprint density at radius 1 is 1.05 bits per heavy atom. The fraction of sp³-hybridized carbons (Fsp3) is 0.300. The normalized spacial score (nSPS) is 20.1. The number of aryl methyl sites for hydroxylation is 1. The van der Waals surface area contributed by atoms with Crippen LogP contribution in [0.4, 0.5) is 18.9 Å². The van der Waals surface area contributed by atoms with Crippen LogP contribution in [0.3, 0.4) is 0 Å². The van der Waals surface area contributed by atoms with Crippen molar-refractivity contribution in [2.45, 2.75) is 50.0 Å². The Kier molecular flexibility index (Phi) is 7.76.